The van der Waals surface area contributed by atoms with Crippen LogP contribution >= 0.6 is 0 Å². The van der Waals surface area contributed by atoms with E-state index in [0.717, 1.165) is 19.0 Å². The van der Waals surface area contributed by atoms with Crippen molar-refractivity contribution in [2.24, 2.45) is 0 Å². The number of aromatic carboxylic acids is 1. The highest BCUT2D eigenvalue weighted by atomic mass is 16.7. The molecule has 1 rings (SSSR count). The van der Waals surface area contributed by atoms with Crippen LogP contribution in [0.4, 0.5) is 0 Å². The van der Waals surface area contributed by atoms with Crippen LogP contribution in [0.25, 0.3) is 0 Å². The van der Waals surface area contributed by atoms with Gasteiger partial charge in [0.15, 0.2) is 11.4 Å². The molecule has 0 aliphatic rings. The quantitative estimate of drug-likeness (QED) is 0.567. The first-order chi connectivity index (χ1) is 9.10. The second-order valence-electron chi connectivity index (χ2n) is 3.72. The van der Waals surface area contributed by atoms with E-state index in [0.29, 0.717) is 6.54 Å². The van der Waals surface area contributed by atoms with E-state index in [-0.39, 0.29) is 17.0 Å². The number of hydroxylamine groups is 1. The Bertz CT molecular complexity index is 461. The van der Waals surface area contributed by atoms with Crippen molar-refractivity contribution in [1.29, 1.82) is 0 Å². The zero-order valence-electron chi connectivity index (χ0n) is 10.8. The molecule has 0 radical (unpaired) electrons. The third kappa shape index (κ3) is 4.22. The summed E-state index contributed by atoms with van der Waals surface area (Å²) >= 11 is 0. The fourth-order valence-corrected chi connectivity index (χ4v) is 1.30. The predicted octanol–water partition coefficient (Wildman–Crippen LogP) is 1.25. The van der Waals surface area contributed by atoms with E-state index in [9.17, 15) is 9.59 Å². The maximum Gasteiger partial charge on any atom is 0.358 e. The van der Waals surface area contributed by atoms with Crippen molar-refractivity contribution in [2.45, 2.75) is 19.8 Å². The van der Waals surface area contributed by atoms with Crippen LogP contribution in [0, 0.1) is 0 Å². The second kappa shape index (κ2) is 7.32. The third-order valence-electron chi connectivity index (χ3n) is 2.31. The van der Waals surface area contributed by atoms with Gasteiger partial charge >= 0.3 is 11.9 Å². The molecule has 0 aliphatic carbocycles. The lowest BCUT2D eigenvalue weighted by Crippen LogP contribution is -2.21. The van der Waals surface area contributed by atoms with E-state index in [2.05, 4.69) is 10.5 Å². The molecule has 0 atom stereocenters. The van der Waals surface area contributed by atoms with Gasteiger partial charge in [0.2, 0.25) is 0 Å². The maximum atomic E-state index is 11.6. The summed E-state index contributed by atoms with van der Waals surface area (Å²) in [5, 5.41) is 8.86. The lowest BCUT2D eigenvalue weighted by atomic mass is 10.2. The van der Waals surface area contributed by atoms with Gasteiger partial charge in [-0.05, 0) is 12.5 Å². The van der Waals surface area contributed by atoms with Gasteiger partial charge in [-0.2, -0.15) is 5.48 Å². The Balaban J connectivity index is 2.73. The monoisotopic (exact) mass is 268 g/mol. The zero-order chi connectivity index (χ0) is 14.3. The van der Waals surface area contributed by atoms with E-state index in [1.165, 1.54) is 13.2 Å². The van der Waals surface area contributed by atoms with E-state index in [4.69, 9.17) is 14.7 Å². The molecule has 19 heavy (non-hydrogen) atoms. The molecule has 0 fully saturated rings. The number of hydrogen-bond donors (Lipinski definition) is 2. The van der Waals surface area contributed by atoms with Crippen LogP contribution in [0.1, 0.15) is 40.6 Å². The van der Waals surface area contributed by atoms with Gasteiger partial charge in [-0.25, -0.2) is 14.6 Å². The van der Waals surface area contributed by atoms with Crippen LogP contribution in [0.5, 0.6) is 5.75 Å². The van der Waals surface area contributed by atoms with Crippen molar-refractivity contribution in [2.75, 3.05) is 13.7 Å². The molecule has 0 spiro atoms. The summed E-state index contributed by atoms with van der Waals surface area (Å²) in [6.07, 6.45) is 3.00. The van der Waals surface area contributed by atoms with Crippen LogP contribution in [-0.2, 0) is 4.84 Å². The molecule has 0 saturated heterocycles. The summed E-state index contributed by atoms with van der Waals surface area (Å²) in [7, 11) is 1.30. The molecule has 0 aliphatic heterocycles. The molecule has 2 N–H and O–H groups in total. The van der Waals surface area contributed by atoms with E-state index >= 15 is 0 Å². The number of nitrogens with zero attached hydrogens (tertiary/aromatic N) is 1. The van der Waals surface area contributed by atoms with E-state index in [1.807, 2.05) is 6.92 Å². The Kier molecular flexibility index (Phi) is 5.74. The minimum Gasteiger partial charge on any atom is -0.494 e. The summed E-state index contributed by atoms with van der Waals surface area (Å²) in [6, 6.07) is 1.28. The van der Waals surface area contributed by atoms with Gasteiger partial charge in [0, 0.05) is 12.7 Å². The van der Waals surface area contributed by atoms with Crippen LogP contribution < -0.4 is 10.2 Å². The number of carboxylic acids is 1. The summed E-state index contributed by atoms with van der Waals surface area (Å²) in [6.45, 7) is 2.57. The number of rotatable bonds is 7. The standard InChI is InChI=1S/C12H16N2O5/c1-3-4-5-14-19-12(17)8-6-9(18-2)10(11(15)16)13-7-8/h6-7,14H,3-5H2,1-2H3,(H,15,16). The minimum atomic E-state index is -1.22. The van der Waals surface area contributed by atoms with Crippen LogP contribution in [0.2, 0.25) is 0 Å². The number of methoxy groups -OCH3 is 1. The fourth-order valence-electron chi connectivity index (χ4n) is 1.30. The molecular formula is C12H16N2O5. The maximum absolute atomic E-state index is 11.6. The molecule has 1 aromatic rings. The van der Waals surface area contributed by atoms with E-state index in [1.54, 1.807) is 0 Å². The summed E-state index contributed by atoms with van der Waals surface area (Å²) in [5.41, 5.74) is 2.39. The molecular weight excluding hydrogens is 252 g/mol. The molecule has 104 valence electrons. The van der Waals surface area contributed by atoms with Crippen molar-refractivity contribution >= 4 is 11.9 Å². The predicted molar refractivity (Wildman–Crippen MR) is 66.1 cm³/mol. The fraction of sp³-hybridized carbons (Fsp3) is 0.417. The van der Waals surface area contributed by atoms with Gasteiger partial charge < -0.3 is 14.7 Å². The number of hydrogen-bond acceptors (Lipinski definition) is 6. The van der Waals surface area contributed by atoms with Crippen molar-refractivity contribution < 1.29 is 24.3 Å². The Morgan fingerprint density at radius 3 is 2.79 bits per heavy atom. The summed E-state index contributed by atoms with van der Waals surface area (Å²) in [5.74, 6) is -1.85. The first kappa shape index (κ1) is 14.9. The average molecular weight is 268 g/mol. The first-order valence-corrected chi connectivity index (χ1v) is 5.81. The lowest BCUT2D eigenvalue weighted by Gasteiger charge is -2.07. The Morgan fingerprint density at radius 1 is 1.47 bits per heavy atom. The van der Waals surface area contributed by atoms with E-state index < -0.39 is 11.9 Å². The van der Waals surface area contributed by atoms with Gasteiger partial charge in [0.1, 0.15) is 0 Å². The number of unbranched alkanes of at least 4 members (excludes halogenated alkanes) is 1. The summed E-state index contributed by atoms with van der Waals surface area (Å²) in [4.78, 5) is 30.9. The highest BCUT2D eigenvalue weighted by Crippen LogP contribution is 2.17. The smallest absolute Gasteiger partial charge is 0.358 e. The number of ether oxygens (including phenoxy) is 1. The van der Waals surface area contributed by atoms with Crippen molar-refractivity contribution in [3.05, 3.63) is 23.5 Å². The Hall–Kier alpha value is -2.15. The highest BCUT2D eigenvalue weighted by molar-refractivity contribution is 5.93. The third-order valence-corrected chi connectivity index (χ3v) is 2.31. The van der Waals surface area contributed by atoms with Crippen molar-refractivity contribution in [3.63, 3.8) is 0 Å². The van der Waals surface area contributed by atoms with Crippen LogP contribution in [0.15, 0.2) is 12.3 Å². The highest BCUT2D eigenvalue weighted by Gasteiger charge is 2.17. The van der Waals surface area contributed by atoms with Crippen LogP contribution in [-0.4, -0.2) is 35.7 Å². The van der Waals surface area contributed by atoms with Gasteiger partial charge in [0.05, 0.1) is 12.7 Å². The molecule has 0 saturated carbocycles. The van der Waals surface area contributed by atoms with Gasteiger partial charge in [-0.3, -0.25) is 0 Å². The molecule has 7 heteroatoms. The Morgan fingerprint density at radius 2 is 2.21 bits per heavy atom. The number of nitrogens with one attached hydrogen (secondary N) is 1. The topological polar surface area (TPSA) is 97.8 Å². The average Bonchev–Trinajstić information content (AvgIpc) is 2.42. The SMILES string of the molecule is CCCCNOC(=O)c1cnc(C(=O)O)c(OC)c1. The molecule has 0 aromatic carbocycles. The molecule has 1 heterocycles. The number of aromatic nitrogens is 1. The van der Waals surface area contributed by atoms with Gasteiger partial charge in [-0.15, -0.1) is 0 Å². The normalized spacial score (nSPS) is 10.0. The summed E-state index contributed by atoms with van der Waals surface area (Å²) < 4.78 is 4.87. The molecule has 1 aromatic heterocycles. The van der Waals surface area contributed by atoms with Crippen molar-refractivity contribution in [1.82, 2.24) is 10.5 Å². The first-order valence-electron chi connectivity index (χ1n) is 5.81. The molecule has 0 bridgehead atoms. The number of carboxylic acid groups (broad SMARTS) is 1. The largest absolute Gasteiger partial charge is 0.494 e. The van der Waals surface area contributed by atoms with Gasteiger partial charge in [0.25, 0.3) is 0 Å². The minimum absolute atomic E-state index is 0.00973. The molecule has 7 nitrogen and oxygen atoms in total. The number of carbonyl (C=O) groups excluding carboxylic acids is 1. The van der Waals surface area contributed by atoms with Crippen LogP contribution in [0.3, 0.4) is 0 Å². The molecule has 0 unspecified atom stereocenters. The van der Waals surface area contributed by atoms with Crippen molar-refractivity contribution in [3.8, 4) is 5.75 Å². The Labute approximate surface area is 110 Å². The second-order valence-corrected chi connectivity index (χ2v) is 3.72. The zero-order valence-corrected chi connectivity index (χ0v) is 10.8. The lowest BCUT2D eigenvalue weighted by molar-refractivity contribution is 0.0250. The molecule has 0 amide bonds. The number of carbonyl (C=O) groups is 2. The number of pyridine rings is 1. The van der Waals surface area contributed by atoms with Gasteiger partial charge in [-0.1, -0.05) is 13.3 Å².